The molecule has 6 N–H and O–H groups in total. The number of amides is 3. The minimum Gasteiger partial charge on any atom is -0.504 e. The van der Waals surface area contributed by atoms with Crippen molar-refractivity contribution in [2.75, 3.05) is 30.2 Å². The number of allylic oxidation sites excluding steroid dienone is 2. The smallest absolute Gasteiger partial charge is 0.339 e. The van der Waals surface area contributed by atoms with Crippen molar-refractivity contribution in [3.63, 3.8) is 0 Å². The summed E-state index contributed by atoms with van der Waals surface area (Å²) in [5, 5.41) is 47.5. The van der Waals surface area contributed by atoms with E-state index in [0.29, 0.717) is 22.3 Å². The predicted octanol–water partition coefficient (Wildman–Crippen LogP) is 7.41. The molecule has 0 spiro atoms. The van der Waals surface area contributed by atoms with Gasteiger partial charge in [-0.1, -0.05) is 36.4 Å². The average molecular weight is 843 g/mol. The number of phenols is 2. The highest BCUT2D eigenvalue weighted by Gasteiger charge is 2.25. The Morgan fingerprint density at radius 2 is 1.24 bits per heavy atom. The summed E-state index contributed by atoms with van der Waals surface area (Å²) in [6, 6.07) is 24.5. The first-order valence-electron chi connectivity index (χ1n) is 18.7. The summed E-state index contributed by atoms with van der Waals surface area (Å²) in [5.41, 5.74) is 1.86. The number of aromatic hydroxyl groups is 2. The lowest BCUT2D eigenvalue weighted by Gasteiger charge is -2.16. The van der Waals surface area contributed by atoms with Gasteiger partial charge >= 0.3 is 5.97 Å². The molecule has 0 aliphatic carbocycles. The normalized spacial score (nSPS) is 11.4. The first-order chi connectivity index (χ1) is 29.6. The molecule has 0 saturated heterocycles. The van der Waals surface area contributed by atoms with Gasteiger partial charge in [-0.2, -0.15) is 5.26 Å². The second-order valence-electron chi connectivity index (χ2n) is 13.7. The minimum absolute atomic E-state index is 0.0112. The molecule has 0 fully saturated rings. The van der Waals surface area contributed by atoms with Crippen LogP contribution in [0.1, 0.15) is 72.3 Å². The number of hydrogen-bond donors (Lipinski definition) is 6. The molecule has 316 valence electrons. The summed E-state index contributed by atoms with van der Waals surface area (Å²) >= 11 is 0. The van der Waals surface area contributed by atoms with Gasteiger partial charge in [0.2, 0.25) is 5.91 Å². The van der Waals surface area contributed by atoms with Crippen LogP contribution in [0.15, 0.2) is 103 Å². The van der Waals surface area contributed by atoms with E-state index < -0.39 is 46.7 Å². The Kier molecular flexibility index (Phi) is 14.5. The molecule has 62 heavy (non-hydrogen) atoms. The maximum Gasteiger partial charge on any atom is 0.339 e. The van der Waals surface area contributed by atoms with Gasteiger partial charge in [0.25, 0.3) is 11.8 Å². The topological polar surface area (TPSA) is 241 Å². The quantitative estimate of drug-likeness (QED) is 0.0396. The molecular weight excluding hydrogens is 804 g/mol. The van der Waals surface area contributed by atoms with Crippen LogP contribution in [0.4, 0.5) is 21.5 Å². The van der Waals surface area contributed by atoms with E-state index in [1.54, 1.807) is 43.3 Å². The van der Waals surface area contributed by atoms with Gasteiger partial charge in [-0.15, -0.1) is 0 Å². The number of nitrogens with one attached hydrogen (secondary N) is 3. The number of carboxylic acid groups (broad SMARTS) is 1. The van der Waals surface area contributed by atoms with Gasteiger partial charge in [0.15, 0.2) is 34.6 Å². The lowest BCUT2D eigenvalue weighted by molar-refractivity contribution is -0.119. The molecule has 0 aliphatic rings. The number of ketones is 2. The van der Waals surface area contributed by atoms with Crippen molar-refractivity contribution in [3.8, 4) is 29.1 Å². The van der Waals surface area contributed by atoms with Crippen LogP contribution in [0.5, 0.6) is 23.0 Å². The van der Waals surface area contributed by atoms with Gasteiger partial charge in [-0.05, 0) is 90.4 Å². The maximum atomic E-state index is 13.2. The number of Topliss-reactive ketones (excluding diaryl/α,β-unsaturated/α-hetero) is 1. The molecule has 16 heteroatoms. The van der Waals surface area contributed by atoms with Gasteiger partial charge in [0, 0.05) is 36.1 Å². The van der Waals surface area contributed by atoms with Crippen molar-refractivity contribution in [2.24, 2.45) is 5.92 Å². The van der Waals surface area contributed by atoms with E-state index in [4.69, 9.17) is 9.47 Å². The number of rotatable bonds is 17. The number of nitriles is 1. The average Bonchev–Trinajstić information content (AvgIpc) is 3.24. The summed E-state index contributed by atoms with van der Waals surface area (Å²) < 4.78 is 23.6. The van der Waals surface area contributed by atoms with Crippen molar-refractivity contribution in [1.29, 1.82) is 5.26 Å². The van der Waals surface area contributed by atoms with E-state index >= 15 is 0 Å². The second kappa shape index (κ2) is 20.1. The largest absolute Gasteiger partial charge is 0.504 e. The Labute approximate surface area is 354 Å². The number of anilines is 3. The molecule has 0 radical (unpaired) electrons. The number of benzene rings is 5. The summed E-state index contributed by atoms with van der Waals surface area (Å²) in [7, 11) is 2.36. The van der Waals surface area contributed by atoms with Crippen LogP contribution in [-0.4, -0.2) is 64.8 Å². The Morgan fingerprint density at radius 3 is 1.81 bits per heavy atom. The van der Waals surface area contributed by atoms with Crippen LogP contribution >= 0.6 is 0 Å². The number of phenolic OH excluding ortho intramolecular Hbond substituents is 1. The highest BCUT2D eigenvalue weighted by Crippen LogP contribution is 2.40. The van der Waals surface area contributed by atoms with Crippen LogP contribution in [0.25, 0.3) is 5.57 Å². The molecule has 5 aromatic carbocycles. The Balaban J connectivity index is 1.18. The molecule has 0 aliphatic heterocycles. The van der Waals surface area contributed by atoms with Crippen LogP contribution in [0, 0.1) is 23.1 Å². The third-order valence-corrected chi connectivity index (χ3v) is 9.53. The van der Waals surface area contributed by atoms with Crippen LogP contribution in [0.2, 0.25) is 0 Å². The lowest BCUT2D eigenvalue weighted by Crippen LogP contribution is -2.25. The fraction of sp³-hybridized carbons (Fsp3) is 0.152. The number of hydrogen-bond acceptors (Lipinski definition) is 11. The van der Waals surface area contributed by atoms with Gasteiger partial charge in [-0.25, -0.2) is 9.18 Å². The molecule has 0 heterocycles. The van der Waals surface area contributed by atoms with E-state index in [-0.39, 0.29) is 76.3 Å². The number of halogens is 1. The molecule has 15 nitrogen and oxygen atoms in total. The van der Waals surface area contributed by atoms with E-state index in [1.165, 1.54) is 67.8 Å². The van der Waals surface area contributed by atoms with Gasteiger partial charge in [0.05, 0.1) is 43.1 Å². The molecule has 0 bridgehead atoms. The Bertz CT molecular complexity index is 2620. The van der Waals surface area contributed by atoms with Crippen molar-refractivity contribution in [2.45, 2.75) is 26.2 Å². The van der Waals surface area contributed by atoms with E-state index in [9.17, 15) is 53.7 Å². The lowest BCUT2D eigenvalue weighted by atomic mass is 9.94. The van der Waals surface area contributed by atoms with Crippen molar-refractivity contribution >= 4 is 57.9 Å². The first-order valence-corrected chi connectivity index (χ1v) is 18.7. The Hall–Kier alpha value is -8.32. The standard InChI is InChI=1S/C46H39FN4O11/c1-25(27-8-12-31(47)13-9-27)22-33(52)23-26-4-6-28(7-5-26)38(53)24-30(20-21-48)44(57)49-32-14-10-29(11-15-32)43(56)50-36-18-16-34(39(54)41(36)61-2)45(58)51-37-19-17-35(46(59)60)40(55)42(37)62-3/h4-19,22,30,54-55H,20,23-24H2,1-3H3,(H,49,57)(H,50,56)(H,51,58)(H,59,60)/b25-22+/t30-/m1/s1. The molecule has 0 saturated carbocycles. The molecule has 5 rings (SSSR count). The summed E-state index contributed by atoms with van der Waals surface area (Å²) in [6.07, 6.45) is 1.01. The van der Waals surface area contributed by atoms with Crippen LogP contribution < -0.4 is 25.4 Å². The predicted molar refractivity (Wildman–Crippen MR) is 225 cm³/mol. The maximum absolute atomic E-state index is 13.2. The van der Waals surface area contributed by atoms with E-state index in [0.717, 1.165) is 13.2 Å². The molecular formula is C46H39FN4O11. The number of carboxylic acids is 1. The molecule has 5 aromatic rings. The minimum atomic E-state index is -1.42. The number of carbonyl (C=O) groups is 6. The molecule has 0 aromatic heterocycles. The molecule has 1 atom stereocenters. The number of carbonyl (C=O) groups excluding carboxylic acids is 5. The summed E-state index contributed by atoms with van der Waals surface area (Å²) in [4.78, 5) is 76.7. The second-order valence-corrected chi connectivity index (χ2v) is 13.7. The molecule has 3 amide bonds. The van der Waals surface area contributed by atoms with Crippen molar-refractivity contribution < 1.29 is 58.0 Å². The highest BCUT2D eigenvalue weighted by atomic mass is 19.1. The SMILES string of the molecule is COc1c(NC(=O)c2ccc(NC(=O)c3ccc(NC(=O)[C@H](CC#N)CC(=O)c4ccc(CC(=O)/C=C(\C)c5ccc(F)cc5)cc4)cc3)c(OC)c2O)ccc(C(=O)O)c1O. The number of ether oxygens (including phenoxy) is 2. The summed E-state index contributed by atoms with van der Waals surface area (Å²) in [5.74, 6) is -7.48. The fourth-order valence-electron chi connectivity index (χ4n) is 6.25. The third kappa shape index (κ3) is 10.8. The van der Waals surface area contributed by atoms with Crippen LogP contribution in [0.3, 0.4) is 0 Å². The monoisotopic (exact) mass is 842 g/mol. The number of nitrogens with zero attached hydrogens (tertiary/aromatic N) is 1. The van der Waals surface area contributed by atoms with Crippen molar-refractivity contribution in [1.82, 2.24) is 0 Å². The number of aromatic carboxylic acids is 1. The zero-order valence-corrected chi connectivity index (χ0v) is 33.4. The third-order valence-electron chi connectivity index (χ3n) is 9.53. The summed E-state index contributed by atoms with van der Waals surface area (Å²) in [6.45, 7) is 1.75. The molecule has 0 unspecified atom stereocenters. The van der Waals surface area contributed by atoms with Gasteiger partial charge in [-0.3, -0.25) is 24.0 Å². The van der Waals surface area contributed by atoms with E-state index in [2.05, 4.69) is 16.0 Å². The highest BCUT2D eigenvalue weighted by molar-refractivity contribution is 6.10. The van der Waals surface area contributed by atoms with Gasteiger partial charge in [0.1, 0.15) is 11.4 Å². The zero-order valence-electron chi connectivity index (χ0n) is 33.4. The Morgan fingerprint density at radius 1 is 0.710 bits per heavy atom. The van der Waals surface area contributed by atoms with E-state index in [1.807, 2.05) is 6.07 Å². The first kappa shape index (κ1) is 44.8. The zero-order chi connectivity index (χ0) is 45.1. The van der Waals surface area contributed by atoms with Gasteiger partial charge < -0.3 is 40.7 Å². The van der Waals surface area contributed by atoms with Crippen LogP contribution in [-0.2, 0) is 16.0 Å². The fourth-order valence-corrected chi connectivity index (χ4v) is 6.25. The number of methoxy groups -OCH3 is 2. The van der Waals surface area contributed by atoms with Crippen molar-refractivity contribution in [3.05, 3.63) is 142 Å².